The summed E-state index contributed by atoms with van der Waals surface area (Å²) in [5, 5.41) is 0. The molecule has 3 aliphatic heterocycles. The predicted molar refractivity (Wildman–Crippen MR) is 151 cm³/mol. The lowest BCUT2D eigenvalue weighted by molar-refractivity contribution is -0.137. The van der Waals surface area contributed by atoms with Crippen molar-refractivity contribution in [3.8, 4) is 6.01 Å². The Hall–Kier alpha value is -3.92. The third kappa shape index (κ3) is 6.28. The van der Waals surface area contributed by atoms with Crippen LogP contribution < -0.4 is 14.5 Å². The molecule has 0 radical (unpaired) electrons. The van der Waals surface area contributed by atoms with Crippen LogP contribution in [0.3, 0.4) is 0 Å². The van der Waals surface area contributed by atoms with Gasteiger partial charge in [0.05, 0.1) is 17.8 Å². The van der Waals surface area contributed by atoms with Crippen molar-refractivity contribution in [2.24, 2.45) is 0 Å². The van der Waals surface area contributed by atoms with Crippen molar-refractivity contribution in [3.63, 3.8) is 0 Å². The Morgan fingerprint density at radius 3 is 2.71 bits per heavy atom. The molecule has 3 aliphatic rings. The fourth-order valence-corrected chi connectivity index (χ4v) is 6.04. The molecule has 5 heterocycles. The number of likely N-dealkylation sites (N-methyl/N-ethyl adjacent to an activating group) is 1. The van der Waals surface area contributed by atoms with Gasteiger partial charge in [0.2, 0.25) is 12.5 Å². The highest BCUT2D eigenvalue weighted by molar-refractivity contribution is 5.87. The van der Waals surface area contributed by atoms with Crippen molar-refractivity contribution in [3.05, 3.63) is 59.2 Å². The van der Waals surface area contributed by atoms with E-state index >= 15 is 0 Å². The number of nitrogens with zero attached hydrogens (tertiary/aromatic N) is 8. The lowest BCUT2D eigenvalue weighted by Crippen LogP contribution is -2.56. The first-order chi connectivity index (χ1) is 20.2. The lowest BCUT2D eigenvalue weighted by atomic mass is 10.1. The van der Waals surface area contributed by atoms with E-state index in [9.17, 15) is 18.0 Å². The maximum absolute atomic E-state index is 13.9. The minimum absolute atomic E-state index is 0.116. The van der Waals surface area contributed by atoms with Crippen LogP contribution in [0.25, 0.3) is 4.85 Å². The Kier molecular flexibility index (Phi) is 8.82. The molecule has 2 aromatic rings. The maximum atomic E-state index is 13.9. The molecule has 0 saturated carbocycles. The number of pyridine rings is 1. The maximum Gasteiger partial charge on any atom is 0.419 e. The molecule has 0 N–H and O–H groups in total. The Morgan fingerprint density at radius 2 is 2.00 bits per heavy atom. The molecule has 2 fully saturated rings. The van der Waals surface area contributed by atoms with Crippen LogP contribution in [0.1, 0.15) is 36.1 Å². The average molecular weight is 585 g/mol. The topological polar surface area (TPSA) is 82.3 Å². The second-order valence-corrected chi connectivity index (χ2v) is 10.9. The van der Waals surface area contributed by atoms with Gasteiger partial charge in [-0.25, -0.2) is 11.6 Å². The first-order valence-corrected chi connectivity index (χ1v) is 14.2. The van der Waals surface area contributed by atoms with Crippen molar-refractivity contribution >= 4 is 17.5 Å². The molecule has 13 heteroatoms. The molecular weight excluding hydrogens is 549 g/mol. The number of likely N-dealkylation sites (tertiary alicyclic amines) is 1. The second-order valence-electron chi connectivity index (χ2n) is 10.9. The van der Waals surface area contributed by atoms with Gasteiger partial charge in [0.1, 0.15) is 24.3 Å². The number of carbonyl (C=O) groups excluding carboxylic acids is 1. The molecule has 2 atom stereocenters. The van der Waals surface area contributed by atoms with E-state index in [1.807, 2.05) is 0 Å². The van der Waals surface area contributed by atoms with Gasteiger partial charge >= 0.3 is 12.2 Å². The number of rotatable bonds is 7. The van der Waals surface area contributed by atoms with E-state index in [0.717, 1.165) is 31.0 Å². The SMILES string of the molecule is [C-]#[N+]C[C@H]1CN(c2nc(OC[C@@H]3CCCN3C)nc3c2CCCN(c2ncccc2C(F)(F)F)C3)CCN1C(=O)C=C. The Balaban J connectivity index is 1.50. The summed E-state index contributed by atoms with van der Waals surface area (Å²) in [6.07, 6.45) is 1.30. The van der Waals surface area contributed by atoms with E-state index in [1.54, 1.807) is 9.80 Å². The normalized spacial score (nSPS) is 21.5. The summed E-state index contributed by atoms with van der Waals surface area (Å²) >= 11 is 0. The highest BCUT2D eigenvalue weighted by atomic mass is 19.4. The minimum atomic E-state index is -4.54. The zero-order valence-electron chi connectivity index (χ0n) is 23.7. The summed E-state index contributed by atoms with van der Waals surface area (Å²) in [5.74, 6) is 0.303. The number of hydrogen-bond donors (Lipinski definition) is 0. The molecule has 2 aromatic heterocycles. The van der Waals surface area contributed by atoms with Crippen molar-refractivity contribution in [1.29, 1.82) is 0 Å². The first kappa shape index (κ1) is 29.6. The summed E-state index contributed by atoms with van der Waals surface area (Å²) < 4.78 is 47.8. The van der Waals surface area contributed by atoms with E-state index in [4.69, 9.17) is 21.3 Å². The molecule has 2 saturated heterocycles. The monoisotopic (exact) mass is 584 g/mol. The molecule has 5 rings (SSSR count). The van der Waals surface area contributed by atoms with Gasteiger partial charge in [0, 0.05) is 44.0 Å². The van der Waals surface area contributed by atoms with E-state index < -0.39 is 11.7 Å². The molecule has 42 heavy (non-hydrogen) atoms. The number of halogens is 3. The molecular formula is C29H35F3N8O2. The third-order valence-corrected chi connectivity index (χ3v) is 8.26. The zero-order valence-corrected chi connectivity index (χ0v) is 23.7. The standard InChI is InChI=1S/C29H35F3N8O2/c1-4-25(41)40-15-14-39(17-21(40)16-33-2)26-22-9-7-13-38(27-23(29(30,31)32)10-5-11-34-27)18-24(22)35-28(36-26)42-19-20-8-6-12-37(20)3/h4-5,10-11,20-21H,1,6-9,12-19H2,3H3/t20-,21-/m0/s1. The number of aromatic nitrogens is 3. The number of ether oxygens (including phenoxy) is 1. The number of fused-ring (bicyclic) bond motifs is 1. The summed E-state index contributed by atoms with van der Waals surface area (Å²) in [5.41, 5.74) is 0.656. The van der Waals surface area contributed by atoms with E-state index in [-0.39, 0.29) is 42.9 Å². The van der Waals surface area contributed by atoms with Crippen molar-refractivity contribution in [2.75, 3.05) is 62.7 Å². The number of piperazine rings is 1. The van der Waals surface area contributed by atoms with Crippen molar-refractivity contribution in [1.82, 2.24) is 24.8 Å². The van der Waals surface area contributed by atoms with Gasteiger partial charge in [-0.3, -0.25) is 4.79 Å². The quantitative estimate of drug-likeness (QED) is 0.362. The Morgan fingerprint density at radius 1 is 1.17 bits per heavy atom. The van der Waals surface area contributed by atoms with E-state index in [2.05, 4.69) is 33.3 Å². The van der Waals surface area contributed by atoms with Gasteiger partial charge in [-0.15, -0.1) is 0 Å². The van der Waals surface area contributed by atoms with Gasteiger partial charge in [-0.05, 0) is 57.5 Å². The molecule has 0 bridgehead atoms. The van der Waals surface area contributed by atoms with Crippen molar-refractivity contribution < 1.29 is 22.7 Å². The predicted octanol–water partition coefficient (Wildman–Crippen LogP) is 3.44. The number of hydrogen-bond acceptors (Lipinski definition) is 8. The molecule has 0 spiro atoms. The molecule has 1 amide bonds. The smallest absolute Gasteiger partial charge is 0.419 e. The van der Waals surface area contributed by atoms with E-state index in [0.29, 0.717) is 57.1 Å². The number of alkyl halides is 3. The fraction of sp³-hybridized carbons (Fsp3) is 0.552. The summed E-state index contributed by atoms with van der Waals surface area (Å²) in [6.45, 7) is 14.3. The van der Waals surface area contributed by atoms with E-state index in [1.165, 1.54) is 18.3 Å². The van der Waals surface area contributed by atoms with Gasteiger partial charge in [-0.1, -0.05) is 6.58 Å². The molecule has 224 valence electrons. The minimum Gasteiger partial charge on any atom is -0.462 e. The van der Waals surface area contributed by atoms with Gasteiger partial charge in [0.25, 0.3) is 0 Å². The lowest BCUT2D eigenvalue weighted by Gasteiger charge is -2.40. The highest BCUT2D eigenvalue weighted by Crippen LogP contribution is 2.37. The van der Waals surface area contributed by atoms with Crippen LogP contribution in [0, 0.1) is 6.57 Å². The van der Waals surface area contributed by atoms with Crippen LogP contribution in [0.4, 0.5) is 24.8 Å². The van der Waals surface area contributed by atoms with Gasteiger partial charge in [0.15, 0.2) is 0 Å². The first-order valence-electron chi connectivity index (χ1n) is 14.2. The third-order valence-electron chi connectivity index (χ3n) is 8.26. The van der Waals surface area contributed by atoms with Crippen LogP contribution >= 0.6 is 0 Å². The van der Waals surface area contributed by atoms with Gasteiger partial charge < -0.3 is 29.2 Å². The zero-order chi connectivity index (χ0) is 29.9. The Bertz CT molecular complexity index is 1350. The van der Waals surface area contributed by atoms with Crippen LogP contribution in [0.5, 0.6) is 6.01 Å². The van der Waals surface area contributed by atoms with Crippen LogP contribution in [-0.2, 0) is 23.9 Å². The van der Waals surface area contributed by atoms with Crippen LogP contribution in [-0.4, -0.2) is 95.7 Å². The second kappa shape index (κ2) is 12.5. The highest BCUT2D eigenvalue weighted by Gasteiger charge is 2.38. The largest absolute Gasteiger partial charge is 0.462 e. The molecule has 0 aliphatic carbocycles. The summed E-state index contributed by atoms with van der Waals surface area (Å²) in [7, 11) is 2.05. The molecule has 0 aromatic carbocycles. The number of anilines is 2. The number of carbonyl (C=O) groups is 1. The van der Waals surface area contributed by atoms with Crippen LogP contribution in [0.15, 0.2) is 31.0 Å². The van der Waals surface area contributed by atoms with Crippen LogP contribution in [0.2, 0.25) is 0 Å². The number of amides is 1. The van der Waals surface area contributed by atoms with Gasteiger partial charge in [-0.2, -0.15) is 23.1 Å². The average Bonchev–Trinajstić information content (AvgIpc) is 3.26. The summed E-state index contributed by atoms with van der Waals surface area (Å²) in [6, 6.07) is 2.39. The molecule has 10 nitrogen and oxygen atoms in total. The Labute approximate surface area is 243 Å². The van der Waals surface area contributed by atoms with Crippen molar-refractivity contribution in [2.45, 2.75) is 50.5 Å². The summed E-state index contributed by atoms with van der Waals surface area (Å²) in [4.78, 5) is 37.3. The fourth-order valence-electron chi connectivity index (χ4n) is 6.04. The molecule has 0 unspecified atom stereocenters.